The molecule has 2 fully saturated rings. The van der Waals surface area contributed by atoms with Crippen molar-refractivity contribution < 1.29 is 19.4 Å². The number of alkyl halides is 1. The van der Waals surface area contributed by atoms with Crippen LogP contribution in [0.3, 0.4) is 0 Å². The maximum atomic E-state index is 15.1. The molecule has 0 radical (unpaired) electrons. The van der Waals surface area contributed by atoms with Gasteiger partial charge in [-0.2, -0.15) is 5.10 Å². The number of carbonyl (C=O) groups is 1. The van der Waals surface area contributed by atoms with Crippen molar-refractivity contribution in [3.8, 4) is 11.5 Å². The fourth-order valence-electron chi connectivity index (χ4n) is 4.13. The first kappa shape index (κ1) is 24.6. The zero-order valence-corrected chi connectivity index (χ0v) is 21.9. The molecule has 1 saturated heterocycles. The van der Waals surface area contributed by atoms with Crippen molar-refractivity contribution in [1.82, 2.24) is 30.0 Å². The molecule has 35 heavy (non-hydrogen) atoms. The molecule has 1 amide bonds. The van der Waals surface area contributed by atoms with Crippen LogP contribution in [0.4, 0.5) is 9.52 Å². The number of H-pyrrole nitrogens is 1. The Balaban J connectivity index is 1.30. The van der Waals surface area contributed by atoms with Crippen molar-refractivity contribution in [1.29, 1.82) is 0 Å². The van der Waals surface area contributed by atoms with Gasteiger partial charge in [0.05, 0.1) is 27.0 Å². The number of aliphatic hydroxyl groups excluding tert-OH is 1. The highest BCUT2D eigenvalue weighted by atomic mass is 79.9. The number of hydrogen-bond donors (Lipinski definition) is 4. The summed E-state index contributed by atoms with van der Waals surface area (Å²) < 4.78 is 17.3. The fourth-order valence-corrected chi connectivity index (χ4v) is 5.81. The van der Waals surface area contributed by atoms with Crippen LogP contribution in [-0.4, -0.2) is 66.2 Å². The first-order chi connectivity index (χ1) is 16.7. The lowest BCUT2D eigenvalue weighted by Gasteiger charge is -2.34. The number of aryl methyl sites for hydroxylation is 1. The molecule has 2 atom stereocenters. The number of rotatable bonds is 7. The summed E-state index contributed by atoms with van der Waals surface area (Å²) in [4.78, 5) is 26.5. The molecule has 0 spiro atoms. The second kappa shape index (κ2) is 9.77. The molecule has 10 nitrogen and oxygen atoms in total. The average molecular weight is 589 g/mol. The topological polar surface area (TPSA) is 132 Å². The van der Waals surface area contributed by atoms with Crippen LogP contribution in [-0.2, 0) is 6.54 Å². The lowest BCUT2D eigenvalue weighted by atomic mass is 10.0. The predicted octanol–water partition coefficient (Wildman–Crippen LogP) is 3.19. The van der Waals surface area contributed by atoms with Crippen molar-refractivity contribution in [3.63, 3.8) is 0 Å². The lowest BCUT2D eigenvalue weighted by molar-refractivity contribution is -0.0392. The molecule has 1 aliphatic carbocycles. The number of nitrogens with zero attached hydrogens (tertiary/aromatic N) is 5. The SMILES string of the molecule is Cc1[nH]c(C(=O)NC2CCN(c3nc(-c4ncnn4CC4CC4)c(C(O)O)s3)CC2F)c(Br)c1Cl. The van der Waals surface area contributed by atoms with E-state index in [9.17, 15) is 15.0 Å². The molecule has 2 aliphatic rings. The predicted molar refractivity (Wildman–Crippen MR) is 132 cm³/mol. The number of aromatic nitrogens is 5. The molecule has 3 aromatic heterocycles. The summed E-state index contributed by atoms with van der Waals surface area (Å²) >= 11 is 10.5. The van der Waals surface area contributed by atoms with Crippen LogP contribution >= 0.6 is 38.9 Å². The molecular formula is C21H24BrClFN7O3S. The largest absolute Gasteiger partial charge is 0.364 e. The Bertz CT molecular complexity index is 1240. The number of anilines is 1. The number of halogens is 3. The zero-order chi connectivity index (χ0) is 24.9. The standard InChI is InChI=1S/C21H24BrClFN7O3S/c1-9-14(23)13(22)15(27-9)19(32)28-12-4-5-30(7-11(12)24)21-29-16(17(35-21)20(33)34)18-25-8-26-31(18)6-10-2-3-10/h8,10-12,20,27,33-34H,2-7H2,1H3,(H,28,32). The molecule has 3 aromatic rings. The molecule has 5 rings (SSSR count). The van der Waals surface area contributed by atoms with Gasteiger partial charge in [0.25, 0.3) is 5.91 Å². The quantitative estimate of drug-likeness (QED) is 0.312. The molecule has 14 heteroatoms. The van der Waals surface area contributed by atoms with E-state index < -0.39 is 24.4 Å². The molecule has 2 unspecified atom stereocenters. The van der Waals surface area contributed by atoms with E-state index in [0.717, 1.165) is 24.2 Å². The number of hydrogen-bond acceptors (Lipinski definition) is 8. The van der Waals surface area contributed by atoms with Crippen LogP contribution in [0.1, 0.15) is 46.6 Å². The van der Waals surface area contributed by atoms with E-state index in [4.69, 9.17) is 11.6 Å². The van der Waals surface area contributed by atoms with E-state index in [1.54, 1.807) is 16.5 Å². The zero-order valence-electron chi connectivity index (χ0n) is 18.7. The third-order valence-corrected chi connectivity index (χ3v) is 8.89. The molecule has 1 aliphatic heterocycles. The number of aromatic amines is 1. The number of aliphatic hydroxyl groups is 2. The molecule has 1 saturated carbocycles. The van der Waals surface area contributed by atoms with Crippen LogP contribution in [0.5, 0.6) is 0 Å². The molecule has 188 valence electrons. The van der Waals surface area contributed by atoms with Gasteiger partial charge in [0.1, 0.15) is 23.9 Å². The van der Waals surface area contributed by atoms with Crippen LogP contribution in [0, 0.1) is 12.8 Å². The second-order valence-corrected chi connectivity index (χ2v) is 11.1. The average Bonchev–Trinajstić information content (AvgIpc) is 3.23. The Hall–Kier alpha value is -2.06. The minimum Gasteiger partial charge on any atom is -0.364 e. The van der Waals surface area contributed by atoms with E-state index in [0.29, 0.717) is 57.3 Å². The van der Waals surface area contributed by atoms with Crippen LogP contribution < -0.4 is 10.2 Å². The molecule has 0 aromatic carbocycles. The smallest absolute Gasteiger partial charge is 0.269 e. The Morgan fingerprint density at radius 1 is 1.43 bits per heavy atom. The van der Waals surface area contributed by atoms with Crippen molar-refractivity contribution in [2.75, 3.05) is 18.0 Å². The molecular weight excluding hydrogens is 565 g/mol. The summed E-state index contributed by atoms with van der Waals surface area (Å²) in [5.41, 5.74) is 1.24. The highest BCUT2D eigenvalue weighted by Crippen LogP contribution is 2.38. The van der Waals surface area contributed by atoms with Gasteiger partial charge in [0, 0.05) is 18.8 Å². The van der Waals surface area contributed by atoms with E-state index >= 15 is 4.39 Å². The third-order valence-electron chi connectivity index (χ3n) is 6.24. The van der Waals surface area contributed by atoms with Gasteiger partial charge in [-0.3, -0.25) is 4.79 Å². The number of amides is 1. The lowest BCUT2D eigenvalue weighted by Crippen LogP contribution is -2.52. The Morgan fingerprint density at radius 2 is 2.20 bits per heavy atom. The highest BCUT2D eigenvalue weighted by molar-refractivity contribution is 9.10. The van der Waals surface area contributed by atoms with Gasteiger partial charge >= 0.3 is 0 Å². The van der Waals surface area contributed by atoms with Crippen molar-refractivity contribution in [3.05, 3.63) is 32.1 Å². The van der Waals surface area contributed by atoms with E-state index in [-0.39, 0.29) is 17.1 Å². The van der Waals surface area contributed by atoms with Gasteiger partial charge in [-0.05, 0) is 48.0 Å². The second-order valence-electron chi connectivity index (χ2n) is 8.88. The number of thiazole rings is 1. The first-order valence-corrected chi connectivity index (χ1v) is 13.2. The van der Waals surface area contributed by atoms with Gasteiger partial charge in [-0.1, -0.05) is 22.9 Å². The van der Waals surface area contributed by atoms with Crippen molar-refractivity contribution in [2.45, 2.75) is 51.2 Å². The van der Waals surface area contributed by atoms with Gasteiger partial charge in [-0.25, -0.2) is 19.0 Å². The van der Waals surface area contributed by atoms with Crippen molar-refractivity contribution in [2.24, 2.45) is 5.92 Å². The third kappa shape index (κ3) is 4.96. The van der Waals surface area contributed by atoms with Crippen LogP contribution in [0.15, 0.2) is 10.8 Å². The number of carbonyl (C=O) groups excluding carboxylic acids is 1. The monoisotopic (exact) mass is 587 g/mol. The van der Waals surface area contributed by atoms with Crippen molar-refractivity contribution >= 4 is 49.9 Å². The summed E-state index contributed by atoms with van der Waals surface area (Å²) in [7, 11) is 0. The first-order valence-electron chi connectivity index (χ1n) is 11.2. The Kier molecular flexibility index (Phi) is 6.87. The van der Waals surface area contributed by atoms with Gasteiger partial charge in [-0.15, -0.1) is 0 Å². The Morgan fingerprint density at radius 3 is 2.83 bits per heavy atom. The summed E-state index contributed by atoms with van der Waals surface area (Å²) in [6, 6.07) is -0.683. The summed E-state index contributed by atoms with van der Waals surface area (Å²) in [5.74, 6) is 0.571. The van der Waals surface area contributed by atoms with Crippen LogP contribution in [0.25, 0.3) is 11.5 Å². The number of nitrogens with one attached hydrogen (secondary N) is 2. The highest BCUT2D eigenvalue weighted by Gasteiger charge is 2.34. The fraction of sp³-hybridized carbons (Fsp3) is 0.524. The van der Waals surface area contributed by atoms with E-state index in [1.165, 1.54) is 6.33 Å². The summed E-state index contributed by atoms with van der Waals surface area (Å²) in [6.45, 7) is 2.87. The van der Waals surface area contributed by atoms with E-state index in [1.807, 2.05) is 0 Å². The van der Waals surface area contributed by atoms with E-state index in [2.05, 4.69) is 41.3 Å². The summed E-state index contributed by atoms with van der Waals surface area (Å²) in [6.07, 6.45) is 0.942. The molecule has 4 N–H and O–H groups in total. The minimum absolute atomic E-state index is 0.000686. The van der Waals surface area contributed by atoms with Gasteiger partial charge in [0.2, 0.25) is 0 Å². The maximum Gasteiger partial charge on any atom is 0.269 e. The molecule has 4 heterocycles. The normalized spacial score (nSPS) is 20.6. The Labute approximate surface area is 217 Å². The summed E-state index contributed by atoms with van der Waals surface area (Å²) in [5, 5.41) is 27.8. The van der Waals surface area contributed by atoms with Gasteiger partial charge < -0.3 is 25.4 Å². The number of piperidine rings is 1. The maximum absolute atomic E-state index is 15.1. The molecule has 0 bridgehead atoms. The van der Waals surface area contributed by atoms with Gasteiger partial charge in [0.15, 0.2) is 17.2 Å². The van der Waals surface area contributed by atoms with Crippen LogP contribution in [0.2, 0.25) is 5.02 Å². The minimum atomic E-state index is -1.74.